The van der Waals surface area contributed by atoms with Gasteiger partial charge in [0, 0.05) is 25.4 Å². The first-order valence-electron chi connectivity index (χ1n) is 3.56. The molecule has 1 aromatic heterocycles. The van der Waals surface area contributed by atoms with Gasteiger partial charge in [-0.3, -0.25) is 0 Å². The molecule has 1 aromatic rings. The molecule has 0 saturated carbocycles. The van der Waals surface area contributed by atoms with Gasteiger partial charge >= 0.3 is 0 Å². The van der Waals surface area contributed by atoms with Crippen molar-refractivity contribution in [3.8, 4) is 0 Å². The van der Waals surface area contributed by atoms with Crippen molar-refractivity contribution in [2.24, 2.45) is 12.8 Å². The maximum absolute atomic E-state index is 5.44. The maximum Gasteiger partial charge on any atom is 0.0213 e. The van der Waals surface area contributed by atoms with Gasteiger partial charge in [0.2, 0.25) is 0 Å². The average molecular weight is 138 g/mol. The number of aryl methyl sites for hydroxylation is 2. The number of nitrogens with two attached hydrogens (primary N) is 1. The number of hydrogen-bond acceptors (Lipinski definition) is 1. The molecule has 0 spiro atoms. The molecule has 10 heavy (non-hydrogen) atoms. The van der Waals surface area contributed by atoms with Crippen molar-refractivity contribution in [1.29, 1.82) is 0 Å². The molecule has 2 heteroatoms. The van der Waals surface area contributed by atoms with Gasteiger partial charge in [0.05, 0.1) is 0 Å². The zero-order valence-electron chi connectivity index (χ0n) is 6.59. The Balaban J connectivity index is 2.87. The van der Waals surface area contributed by atoms with E-state index in [0.717, 1.165) is 13.0 Å². The van der Waals surface area contributed by atoms with Gasteiger partial charge in [-0.05, 0) is 25.1 Å². The molecule has 0 fully saturated rings. The third kappa shape index (κ3) is 1.21. The van der Waals surface area contributed by atoms with Crippen molar-refractivity contribution in [3.05, 3.63) is 23.5 Å². The first-order chi connectivity index (χ1) is 4.75. The van der Waals surface area contributed by atoms with E-state index in [2.05, 4.69) is 30.8 Å². The molecule has 2 N–H and O–H groups in total. The summed E-state index contributed by atoms with van der Waals surface area (Å²) in [5.41, 5.74) is 8.13. The minimum atomic E-state index is 0.735. The molecule has 0 bridgehead atoms. The molecule has 0 aromatic carbocycles. The molecule has 1 rings (SSSR count). The van der Waals surface area contributed by atoms with E-state index in [1.807, 2.05) is 0 Å². The molecule has 0 unspecified atom stereocenters. The van der Waals surface area contributed by atoms with Crippen LogP contribution in [-0.2, 0) is 13.5 Å². The fraction of sp³-hybridized carbons (Fsp3) is 0.500. The predicted octanol–water partition coefficient (Wildman–Crippen LogP) is 0.835. The van der Waals surface area contributed by atoms with Crippen molar-refractivity contribution in [3.63, 3.8) is 0 Å². The van der Waals surface area contributed by atoms with Crippen LogP contribution in [0, 0.1) is 6.92 Å². The predicted molar refractivity (Wildman–Crippen MR) is 42.9 cm³/mol. The van der Waals surface area contributed by atoms with E-state index in [4.69, 9.17) is 5.73 Å². The standard InChI is InChI=1S/C8H14N2/c1-7-4-6-10(2)8(7)3-5-9/h4,6H,3,5,9H2,1-2H3. The zero-order valence-corrected chi connectivity index (χ0v) is 6.59. The van der Waals surface area contributed by atoms with Crippen molar-refractivity contribution < 1.29 is 0 Å². The van der Waals surface area contributed by atoms with Gasteiger partial charge in [-0.25, -0.2) is 0 Å². The Morgan fingerprint density at radius 1 is 1.60 bits per heavy atom. The van der Waals surface area contributed by atoms with Crippen LogP contribution in [0.1, 0.15) is 11.3 Å². The molecule has 0 saturated heterocycles. The van der Waals surface area contributed by atoms with Crippen LogP contribution >= 0.6 is 0 Å². The van der Waals surface area contributed by atoms with Crippen LogP contribution in [0.15, 0.2) is 12.3 Å². The van der Waals surface area contributed by atoms with Crippen LogP contribution in [0.3, 0.4) is 0 Å². The van der Waals surface area contributed by atoms with Gasteiger partial charge in [0.15, 0.2) is 0 Å². The van der Waals surface area contributed by atoms with Crippen molar-refractivity contribution in [1.82, 2.24) is 4.57 Å². The summed E-state index contributed by atoms with van der Waals surface area (Å²) < 4.78 is 2.13. The first-order valence-corrected chi connectivity index (χ1v) is 3.56. The summed E-state index contributed by atoms with van der Waals surface area (Å²) in [7, 11) is 2.05. The number of nitrogens with zero attached hydrogens (tertiary/aromatic N) is 1. The second-order valence-corrected chi connectivity index (χ2v) is 2.60. The van der Waals surface area contributed by atoms with Gasteiger partial charge < -0.3 is 10.3 Å². The van der Waals surface area contributed by atoms with E-state index in [9.17, 15) is 0 Å². The van der Waals surface area contributed by atoms with Gasteiger partial charge in [-0.15, -0.1) is 0 Å². The molecule has 0 aliphatic carbocycles. The second-order valence-electron chi connectivity index (χ2n) is 2.60. The second kappa shape index (κ2) is 2.88. The zero-order chi connectivity index (χ0) is 7.56. The molecule has 0 amide bonds. The normalized spacial score (nSPS) is 10.3. The molecule has 56 valence electrons. The lowest BCUT2D eigenvalue weighted by atomic mass is 10.2. The summed E-state index contributed by atoms with van der Waals surface area (Å²) in [4.78, 5) is 0. The molecule has 0 atom stereocenters. The van der Waals surface area contributed by atoms with E-state index in [0.29, 0.717) is 0 Å². The lowest BCUT2D eigenvalue weighted by Crippen LogP contribution is -2.07. The molecule has 0 aliphatic heterocycles. The van der Waals surface area contributed by atoms with Crippen LogP contribution in [0.25, 0.3) is 0 Å². The topological polar surface area (TPSA) is 30.9 Å². The summed E-state index contributed by atoms with van der Waals surface area (Å²) in [6, 6.07) is 2.12. The Labute approximate surface area is 61.7 Å². The summed E-state index contributed by atoms with van der Waals surface area (Å²) in [6.45, 7) is 2.85. The third-order valence-corrected chi connectivity index (χ3v) is 1.81. The van der Waals surface area contributed by atoms with Crippen molar-refractivity contribution in [2.75, 3.05) is 6.54 Å². The fourth-order valence-corrected chi connectivity index (χ4v) is 1.20. The Kier molecular flexibility index (Phi) is 2.12. The fourth-order valence-electron chi connectivity index (χ4n) is 1.20. The van der Waals surface area contributed by atoms with Gasteiger partial charge in [0.1, 0.15) is 0 Å². The lowest BCUT2D eigenvalue weighted by Gasteiger charge is -2.01. The minimum Gasteiger partial charge on any atom is -0.354 e. The van der Waals surface area contributed by atoms with Crippen molar-refractivity contribution >= 4 is 0 Å². The Bertz CT molecular complexity index is 194. The van der Waals surface area contributed by atoms with Crippen LogP contribution in [0.4, 0.5) is 0 Å². The van der Waals surface area contributed by atoms with Crippen molar-refractivity contribution in [2.45, 2.75) is 13.3 Å². The van der Waals surface area contributed by atoms with Crippen LogP contribution < -0.4 is 5.73 Å². The number of hydrogen-bond donors (Lipinski definition) is 1. The molecule has 2 nitrogen and oxygen atoms in total. The monoisotopic (exact) mass is 138 g/mol. The quantitative estimate of drug-likeness (QED) is 0.645. The highest BCUT2D eigenvalue weighted by atomic mass is 14.9. The van der Waals surface area contributed by atoms with Gasteiger partial charge in [-0.2, -0.15) is 0 Å². The van der Waals surface area contributed by atoms with E-state index in [1.165, 1.54) is 11.3 Å². The van der Waals surface area contributed by atoms with E-state index >= 15 is 0 Å². The maximum atomic E-state index is 5.44. The Morgan fingerprint density at radius 3 is 2.70 bits per heavy atom. The number of aromatic nitrogens is 1. The van der Waals surface area contributed by atoms with E-state index < -0.39 is 0 Å². The molecular weight excluding hydrogens is 124 g/mol. The minimum absolute atomic E-state index is 0.735. The molecule has 1 heterocycles. The molecule has 0 aliphatic rings. The smallest absolute Gasteiger partial charge is 0.0213 e. The highest BCUT2D eigenvalue weighted by Gasteiger charge is 1.99. The van der Waals surface area contributed by atoms with Crippen LogP contribution in [0.2, 0.25) is 0 Å². The van der Waals surface area contributed by atoms with Gasteiger partial charge in [0.25, 0.3) is 0 Å². The van der Waals surface area contributed by atoms with E-state index in [1.54, 1.807) is 0 Å². The molecule has 0 radical (unpaired) electrons. The summed E-state index contributed by atoms with van der Waals surface area (Å²) in [6.07, 6.45) is 3.05. The first kappa shape index (κ1) is 7.35. The average Bonchev–Trinajstić information content (AvgIpc) is 2.20. The lowest BCUT2D eigenvalue weighted by molar-refractivity contribution is 0.800. The Hall–Kier alpha value is -0.760. The van der Waals surface area contributed by atoms with Crippen LogP contribution in [0.5, 0.6) is 0 Å². The Morgan fingerprint density at radius 2 is 2.30 bits per heavy atom. The third-order valence-electron chi connectivity index (χ3n) is 1.81. The molecular formula is C8H14N2. The number of rotatable bonds is 2. The summed E-state index contributed by atoms with van der Waals surface area (Å²) >= 11 is 0. The summed E-state index contributed by atoms with van der Waals surface area (Å²) in [5, 5.41) is 0. The SMILES string of the molecule is Cc1ccn(C)c1CCN. The van der Waals surface area contributed by atoms with E-state index in [-0.39, 0.29) is 0 Å². The van der Waals surface area contributed by atoms with Crippen LogP contribution in [-0.4, -0.2) is 11.1 Å². The van der Waals surface area contributed by atoms with Gasteiger partial charge in [-0.1, -0.05) is 0 Å². The summed E-state index contributed by atoms with van der Waals surface area (Å²) in [5.74, 6) is 0. The highest BCUT2D eigenvalue weighted by Crippen LogP contribution is 2.07. The highest BCUT2D eigenvalue weighted by molar-refractivity contribution is 5.20. The largest absolute Gasteiger partial charge is 0.354 e.